The highest BCUT2D eigenvalue weighted by Crippen LogP contribution is 2.25. The molecule has 0 saturated carbocycles. The van der Waals surface area contributed by atoms with E-state index in [0.717, 1.165) is 21.8 Å². The fourth-order valence-corrected chi connectivity index (χ4v) is 5.12. The second kappa shape index (κ2) is 9.97. The van der Waals surface area contributed by atoms with Gasteiger partial charge in [0.15, 0.2) is 6.10 Å². The average molecular weight is 490 g/mol. The molecular formula is C26H27N5O3S. The van der Waals surface area contributed by atoms with Crippen molar-refractivity contribution in [1.29, 1.82) is 0 Å². The molecule has 2 aromatic carbocycles. The van der Waals surface area contributed by atoms with Crippen molar-refractivity contribution in [2.24, 2.45) is 0 Å². The highest BCUT2D eigenvalue weighted by molar-refractivity contribution is 7.19. The predicted octanol–water partition coefficient (Wildman–Crippen LogP) is 3.24. The number of hydrogen-bond donors (Lipinski definition) is 0. The number of nitrogens with zero attached hydrogens (tertiary/aromatic N) is 5. The van der Waals surface area contributed by atoms with E-state index in [9.17, 15) is 9.59 Å². The van der Waals surface area contributed by atoms with Crippen molar-refractivity contribution in [1.82, 2.24) is 24.4 Å². The van der Waals surface area contributed by atoms with Gasteiger partial charge in [0.2, 0.25) is 4.96 Å². The first-order valence-electron chi connectivity index (χ1n) is 11.7. The van der Waals surface area contributed by atoms with E-state index in [1.807, 2.05) is 60.4 Å². The largest absolute Gasteiger partial charge is 0.481 e. The zero-order valence-electron chi connectivity index (χ0n) is 19.8. The molecule has 2 aromatic heterocycles. The molecule has 1 aliphatic heterocycles. The predicted molar refractivity (Wildman–Crippen MR) is 136 cm³/mol. The Morgan fingerprint density at radius 2 is 1.83 bits per heavy atom. The zero-order valence-corrected chi connectivity index (χ0v) is 20.6. The number of benzene rings is 2. The Hall–Kier alpha value is -3.56. The number of ether oxygens (including phenoxy) is 1. The third-order valence-electron chi connectivity index (χ3n) is 6.04. The number of amides is 1. The number of carbonyl (C=O) groups excluding carboxylic acids is 1. The lowest BCUT2D eigenvalue weighted by Gasteiger charge is -2.35. The van der Waals surface area contributed by atoms with Crippen molar-refractivity contribution in [3.05, 3.63) is 82.3 Å². The van der Waals surface area contributed by atoms with Gasteiger partial charge in [0.05, 0.1) is 5.69 Å². The molecule has 180 valence electrons. The summed E-state index contributed by atoms with van der Waals surface area (Å²) < 4.78 is 7.16. The molecule has 35 heavy (non-hydrogen) atoms. The summed E-state index contributed by atoms with van der Waals surface area (Å²) in [5, 5.41) is 5.25. The van der Waals surface area contributed by atoms with Crippen molar-refractivity contribution >= 4 is 22.2 Å². The number of aryl methyl sites for hydroxylation is 1. The third-order valence-corrected chi connectivity index (χ3v) is 6.99. The van der Waals surface area contributed by atoms with Gasteiger partial charge >= 0.3 is 0 Å². The maximum atomic E-state index is 12.8. The van der Waals surface area contributed by atoms with Crippen LogP contribution in [0.1, 0.15) is 18.2 Å². The van der Waals surface area contributed by atoms with Crippen molar-refractivity contribution in [2.45, 2.75) is 26.5 Å². The van der Waals surface area contributed by atoms with Crippen molar-refractivity contribution < 1.29 is 9.53 Å². The highest BCUT2D eigenvalue weighted by atomic mass is 32.1. The van der Waals surface area contributed by atoms with E-state index in [2.05, 4.69) is 16.1 Å². The lowest BCUT2D eigenvalue weighted by Crippen LogP contribution is -2.51. The molecule has 1 amide bonds. The number of para-hydroxylation sites is 1. The third kappa shape index (κ3) is 5.26. The minimum absolute atomic E-state index is 0.0142. The van der Waals surface area contributed by atoms with Gasteiger partial charge in [-0.05, 0) is 32.0 Å². The Bertz CT molecular complexity index is 1390. The Morgan fingerprint density at radius 1 is 1.06 bits per heavy atom. The molecule has 3 heterocycles. The molecule has 0 spiro atoms. The summed E-state index contributed by atoms with van der Waals surface area (Å²) in [6.07, 6.45) is -0.540. The van der Waals surface area contributed by atoms with E-state index < -0.39 is 6.10 Å². The number of hydrogen-bond acceptors (Lipinski definition) is 7. The summed E-state index contributed by atoms with van der Waals surface area (Å²) in [6, 6.07) is 19.0. The van der Waals surface area contributed by atoms with Gasteiger partial charge in [0, 0.05) is 44.4 Å². The van der Waals surface area contributed by atoms with Gasteiger partial charge in [-0.2, -0.15) is 9.61 Å². The van der Waals surface area contributed by atoms with Crippen LogP contribution in [0.3, 0.4) is 0 Å². The van der Waals surface area contributed by atoms with Gasteiger partial charge in [0.25, 0.3) is 11.5 Å². The van der Waals surface area contributed by atoms with Gasteiger partial charge in [-0.15, -0.1) is 0 Å². The van der Waals surface area contributed by atoms with Crippen LogP contribution in [0.2, 0.25) is 0 Å². The van der Waals surface area contributed by atoms with E-state index in [1.54, 1.807) is 13.0 Å². The van der Waals surface area contributed by atoms with Gasteiger partial charge < -0.3 is 9.64 Å². The Balaban J connectivity index is 1.22. The number of rotatable bonds is 6. The van der Waals surface area contributed by atoms with Crippen LogP contribution < -0.4 is 10.3 Å². The first kappa shape index (κ1) is 23.2. The zero-order chi connectivity index (χ0) is 24.4. The average Bonchev–Trinajstić information content (AvgIpc) is 3.30. The van der Waals surface area contributed by atoms with Crippen LogP contribution in [0.15, 0.2) is 65.5 Å². The summed E-state index contributed by atoms with van der Waals surface area (Å²) in [7, 11) is 0. The van der Waals surface area contributed by atoms with Gasteiger partial charge in [-0.25, -0.2) is 4.98 Å². The molecule has 8 nitrogen and oxygen atoms in total. The minimum Gasteiger partial charge on any atom is -0.481 e. The normalized spacial score (nSPS) is 15.3. The molecule has 0 radical (unpaired) electrons. The van der Waals surface area contributed by atoms with Crippen LogP contribution in [0.5, 0.6) is 5.75 Å². The number of piperazine rings is 1. The van der Waals surface area contributed by atoms with Crippen molar-refractivity contribution in [3.8, 4) is 16.3 Å². The molecule has 5 rings (SSSR count). The quantitative estimate of drug-likeness (QED) is 0.414. The van der Waals surface area contributed by atoms with E-state index in [4.69, 9.17) is 9.72 Å². The highest BCUT2D eigenvalue weighted by Gasteiger charge is 2.26. The van der Waals surface area contributed by atoms with E-state index in [1.165, 1.54) is 15.9 Å². The second-order valence-electron chi connectivity index (χ2n) is 8.73. The molecule has 1 aliphatic rings. The molecule has 0 aliphatic carbocycles. The maximum Gasteiger partial charge on any atom is 0.275 e. The Kier molecular flexibility index (Phi) is 6.61. The summed E-state index contributed by atoms with van der Waals surface area (Å²) in [5.74, 6) is 0.674. The fourth-order valence-electron chi connectivity index (χ4n) is 4.20. The van der Waals surface area contributed by atoms with Crippen LogP contribution in [0.25, 0.3) is 15.5 Å². The lowest BCUT2D eigenvalue weighted by atomic mass is 10.1. The number of carbonyl (C=O) groups is 1. The molecule has 1 fully saturated rings. The summed E-state index contributed by atoms with van der Waals surface area (Å²) in [5.41, 5.74) is 2.66. The van der Waals surface area contributed by atoms with Crippen LogP contribution in [0, 0.1) is 6.92 Å². The van der Waals surface area contributed by atoms with Crippen molar-refractivity contribution in [3.63, 3.8) is 0 Å². The minimum atomic E-state index is -0.540. The molecule has 4 aromatic rings. The fraction of sp³-hybridized carbons (Fsp3) is 0.308. The monoisotopic (exact) mass is 489 g/mol. The van der Waals surface area contributed by atoms with Crippen LogP contribution in [-0.4, -0.2) is 62.6 Å². The second-order valence-corrected chi connectivity index (χ2v) is 9.69. The van der Waals surface area contributed by atoms with Gasteiger partial charge in [0.1, 0.15) is 10.8 Å². The molecule has 0 N–H and O–H groups in total. The molecule has 0 bridgehead atoms. The van der Waals surface area contributed by atoms with Crippen LogP contribution >= 0.6 is 11.3 Å². The standard InChI is InChI=1S/C26H27N5O3S/c1-18-7-6-8-20(15-18)24-28-31-23(32)16-21(27-26(31)35-24)17-29-11-13-30(14-12-29)25(33)19(2)34-22-9-4-3-5-10-22/h3-10,15-16,19H,11-14,17H2,1-2H3/t19-/m0/s1. The first-order valence-corrected chi connectivity index (χ1v) is 12.5. The maximum absolute atomic E-state index is 12.8. The summed E-state index contributed by atoms with van der Waals surface area (Å²) >= 11 is 1.41. The topological polar surface area (TPSA) is 80.0 Å². The summed E-state index contributed by atoms with van der Waals surface area (Å²) in [4.78, 5) is 34.9. The Labute approximate surface area is 207 Å². The first-order chi connectivity index (χ1) is 17.0. The van der Waals surface area contributed by atoms with Crippen LogP contribution in [-0.2, 0) is 11.3 Å². The van der Waals surface area contributed by atoms with E-state index in [0.29, 0.717) is 43.4 Å². The summed E-state index contributed by atoms with van der Waals surface area (Å²) in [6.45, 7) is 7.02. The molecular weight excluding hydrogens is 462 g/mol. The van der Waals surface area contributed by atoms with E-state index >= 15 is 0 Å². The molecule has 1 atom stereocenters. The Morgan fingerprint density at radius 3 is 2.57 bits per heavy atom. The van der Waals surface area contributed by atoms with Gasteiger partial charge in [-0.1, -0.05) is 53.3 Å². The lowest BCUT2D eigenvalue weighted by molar-refractivity contribution is -0.139. The van der Waals surface area contributed by atoms with Crippen LogP contribution in [0.4, 0.5) is 0 Å². The smallest absolute Gasteiger partial charge is 0.275 e. The number of aromatic nitrogens is 3. The SMILES string of the molecule is Cc1cccc(-c2nn3c(=O)cc(CN4CCN(C(=O)[C@H](C)Oc5ccccc5)CC4)nc3s2)c1. The molecule has 9 heteroatoms. The van der Waals surface area contributed by atoms with Gasteiger partial charge in [-0.3, -0.25) is 14.5 Å². The molecule has 1 saturated heterocycles. The molecule has 0 unspecified atom stereocenters. The van der Waals surface area contributed by atoms with Crippen molar-refractivity contribution in [2.75, 3.05) is 26.2 Å². The number of fused-ring (bicyclic) bond motifs is 1. The van der Waals surface area contributed by atoms with E-state index in [-0.39, 0.29) is 11.5 Å².